The van der Waals surface area contributed by atoms with Crippen molar-refractivity contribution in [1.29, 1.82) is 0 Å². The maximum atomic E-state index is 14.0. The molecule has 118 valence electrons. The molecular weight excluding hydrogens is 274 g/mol. The van der Waals surface area contributed by atoms with Gasteiger partial charge in [0.2, 0.25) is 0 Å². The van der Waals surface area contributed by atoms with E-state index in [2.05, 4.69) is 22.1 Å². The van der Waals surface area contributed by atoms with Gasteiger partial charge in [-0.3, -0.25) is 4.90 Å². The highest BCUT2D eigenvalue weighted by molar-refractivity contribution is 5.49. The summed E-state index contributed by atoms with van der Waals surface area (Å²) in [5.41, 5.74) is 0. The Labute approximate surface area is 125 Å². The molecule has 0 unspecified atom stereocenters. The Kier molecular flexibility index (Phi) is 5.73. The second kappa shape index (κ2) is 7.54. The average Bonchev–Trinajstić information content (AvgIpc) is 2.48. The van der Waals surface area contributed by atoms with E-state index >= 15 is 0 Å². The van der Waals surface area contributed by atoms with Gasteiger partial charge in [0.15, 0.2) is 23.3 Å². The van der Waals surface area contributed by atoms with Crippen molar-refractivity contribution in [1.82, 2.24) is 9.88 Å². The summed E-state index contributed by atoms with van der Waals surface area (Å²) in [5, 5.41) is 2.91. The van der Waals surface area contributed by atoms with E-state index in [1.807, 2.05) is 11.8 Å². The van der Waals surface area contributed by atoms with E-state index in [4.69, 9.17) is 0 Å². The third-order valence-electron chi connectivity index (χ3n) is 3.67. The third kappa shape index (κ3) is 4.03. The molecule has 0 aliphatic carbocycles. The van der Waals surface area contributed by atoms with Crippen LogP contribution in [0.4, 0.5) is 20.4 Å². The van der Waals surface area contributed by atoms with Crippen LogP contribution in [0.2, 0.25) is 0 Å². The second-order valence-electron chi connectivity index (χ2n) is 5.38. The lowest BCUT2D eigenvalue weighted by molar-refractivity contribution is 0.257. The van der Waals surface area contributed by atoms with Crippen molar-refractivity contribution in [2.75, 3.05) is 49.5 Å². The lowest BCUT2D eigenvalue weighted by atomic mass is 10.2. The summed E-state index contributed by atoms with van der Waals surface area (Å²) < 4.78 is 27.7. The molecule has 1 aromatic heterocycles. The molecule has 1 N–H and O–H groups in total. The summed E-state index contributed by atoms with van der Waals surface area (Å²) in [7, 11) is 0. The third-order valence-corrected chi connectivity index (χ3v) is 3.67. The van der Waals surface area contributed by atoms with Crippen molar-refractivity contribution in [3.63, 3.8) is 0 Å². The van der Waals surface area contributed by atoms with E-state index in [0.717, 1.165) is 51.6 Å². The summed E-state index contributed by atoms with van der Waals surface area (Å²) in [5.74, 6) is -0.816. The number of aromatic nitrogens is 1. The van der Waals surface area contributed by atoms with Gasteiger partial charge in [-0.2, -0.15) is 0 Å². The summed E-state index contributed by atoms with van der Waals surface area (Å²) in [6.45, 7) is 9.07. The normalized spacial score (nSPS) is 16.3. The highest BCUT2D eigenvalue weighted by atomic mass is 19.1. The van der Waals surface area contributed by atoms with Gasteiger partial charge >= 0.3 is 0 Å². The maximum absolute atomic E-state index is 14.0. The Morgan fingerprint density at radius 1 is 1.10 bits per heavy atom. The number of hydrogen-bond acceptors (Lipinski definition) is 4. The van der Waals surface area contributed by atoms with Gasteiger partial charge in [-0.05, 0) is 19.4 Å². The van der Waals surface area contributed by atoms with E-state index in [0.29, 0.717) is 6.54 Å². The molecule has 1 aliphatic heterocycles. The molecule has 1 saturated heterocycles. The molecule has 0 saturated carbocycles. The quantitative estimate of drug-likeness (QED) is 0.875. The first-order valence-electron chi connectivity index (χ1n) is 7.73. The van der Waals surface area contributed by atoms with Crippen molar-refractivity contribution in [2.24, 2.45) is 0 Å². The standard InChI is InChI=1S/C15H24F2N4/c1-3-5-18-14-12(16)11-13(17)15(19-14)21-9-7-20(6-4-2)8-10-21/h11H,3-10H2,1-2H3,(H,18,19). The number of halogens is 2. The van der Waals surface area contributed by atoms with Crippen molar-refractivity contribution in [3.8, 4) is 0 Å². The van der Waals surface area contributed by atoms with Crippen LogP contribution in [0.25, 0.3) is 0 Å². The Balaban J connectivity index is 2.09. The number of nitrogens with one attached hydrogen (secondary N) is 1. The second-order valence-corrected chi connectivity index (χ2v) is 5.38. The van der Waals surface area contributed by atoms with Gasteiger partial charge in [-0.25, -0.2) is 13.8 Å². The largest absolute Gasteiger partial charge is 0.368 e. The minimum absolute atomic E-state index is 0.143. The summed E-state index contributed by atoms with van der Waals surface area (Å²) in [6, 6.07) is 0.929. The number of anilines is 2. The molecule has 1 aliphatic rings. The minimum Gasteiger partial charge on any atom is -0.368 e. The van der Waals surface area contributed by atoms with E-state index in [1.54, 1.807) is 0 Å². The fourth-order valence-electron chi connectivity index (χ4n) is 2.55. The molecule has 0 radical (unpaired) electrons. The van der Waals surface area contributed by atoms with Gasteiger partial charge in [0.25, 0.3) is 0 Å². The number of piperazine rings is 1. The Morgan fingerprint density at radius 2 is 1.81 bits per heavy atom. The molecule has 4 nitrogen and oxygen atoms in total. The maximum Gasteiger partial charge on any atom is 0.168 e. The number of hydrogen-bond donors (Lipinski definition) is 1. The van der Waals surface area contributed by atoms with Crippen LogP contribution in [-0.4, -0.2) is 49.2 Å². The highest BCUT2D eigenvalue weighted by Crippen LogP contribution is 2.23. The molecule has 0 aromatic carbocycles. The predicted octanol–water partition coefficient (Wildman–Crippen LogP) is 2.71. The average molecular weight is 298 g/mol. The van der Waals surface area contributed by atoms with Crippen molar-refractivity contribution >= 4 is 11.6 Å². The van der Waals surface area contributed by atoms with Crippen LogP contribution in [0, 0.1) is 11.6 Å². The molecule has 0 amide bonds. The molecule has 1 fully saturated rings. The van der Waals surface area contributed by atoms with E-state index in [1.165, 1.54) is 0 Å². The first-order chi connectivity index (χ1) is 10.2. The van der Waals surface area contributed by atoms with Crippen LogP contribution in [0.3, 0.4) is 0 Å². The molecule has 0 spiro atoms. The summed E-state index contributed by atoms with van der Waals surface area (Å²) in [6.07, 6.45) is 1.98. The zero-order chi connectivity index (χ0) is 15.2. The highest BCUT2D eigenvalue weighted by Gasteiger charge is 2.22. The molecule has 0 atom stereocenters. The van der Waals surface area contributed by atoms with Crippen molar-refractivity contribution in [2.45, 2.75) is 26.7 Å². The van der Waals surface area contributed by atoms with Gasteiger partial charge in [0.05, 0.1) is 0 Å². The molecule has 1 aromatic rings. The van der Waals surface area contributed by atoms with Crippen LogP contribution in [0.1, 0.15) is 26.7 Å². The van der Waals surface area contributed by atoms with Gasteiger partial charge in [-0.15, -0.1) is 0 Å². The van der Waals surface area contributed by atoms with Gasteiger partial charge < -0.3 is 10.2 Å². The first-order valence-corrected chi connectivity index (χ1v) is 7.73. The lowest BCUT2D eigenvalue weighted by Crippen LogP contribution is -2.47. The lowest BCUT2D eigenvalue weighted by Gasteiger charge is -2.35. The zero-order valence-corrected chi connectivity index (χ0v) is 12.8. The topological polar surface area (TPSA) is 31.4 Å². The van der Waals surface area contributed by atoms with E-state index in [-0.39, 0.29) is 11.6 Å². The Bertz CT molecular complexity index is 459. The van der Waals surface area contributed by atoms with Crippen LogP contribution in [0.15, 0.2) is 6.07 Å². The smallest absolute Gasteiger partial charge is 0.168 e. The zero-order valence-electron chi connectivity index (χ0n) is 12.8. The Morgan fingerprint density at radius 3 is 2.43 bits per heavy atom. The first kappa shape index (κ1) is 15.9. The number of rotatable bonds is 6. The minimum atomic E-state index is -0.630. The number of pyridine rings is 1. The number of nitrogens with zero attached hydrogens (tertiary/aromatic N) is 3. The SMILES string of the molecule is CCCNc1nc(N2CCN(CCC)CC2)c(F)cc1F. The molecule has 21 heavy (non-hydrogen) atoms. The molecule has 0 bridgehead atoms. The van der Waals surface area contributed by atoms with Gasteiger partial charge in [-0.1, -0.05) is 13.8 Å². The van der Waals surface area contributed by atoms with E-state index < -0.39 is 11.6 Å². The van der Waals surface area contributed by atoms with Crippen LogP contribution in [-0.2, 0) is 0 Å². The van der Waals surface area contributed by atoms with Crippen LogP contribution >= 0.6 is 0 Å². The van der Waals surface area contributed by atoms with Crippen LogP contribution in [0.5, 0.6) is 0 Å². The summed E-state index contributed by atoms with van der Waals surface area (Å²) in [4.78, 5) is 8.41. The van der Waals surface area contributed by atoms with Gasteiger partial charge in [0, 0.05) is 38.8 Å². The van der Waals surface area contributed by atoms with Gasteiger partial charge in [0.1, 0.15) is 0 Å². The summed E-state index contributed by atoms with van der Waals surface area (Å²) >= 11 is 0. The molecule has 6 heteroatoms. The predicted molar refractivity (Wildman–Crippen MR) is 81.9 cm³/mol. The van der Waals surface area contributed by atoms with Crippen molar-refractivity contribution < 1.29 is 8.78 Å². The van der Waals surface area contributed by atoms with E-state index in [9.17, 15) is 8.78 Å². The van der Waals surface area contributed by atoms with Crippen LogP contribution < -0.4 is 10.2 Å². The molecule has 2 heterocycles. The fourth-order valence-corrected chi connectivity index (χ4v) is 2.55. The molecule has 2 rings (SSSR count). The molecular formula is C15H24F2N4. The Hall–Kier alpha value is -1.43. The monoisotopic (exact) mass is 298 g/mol. The fraction of sp³-hybridized carbons (Fsp3) is 0.667. The van der Waals surface area contributed by atoms with Crippen molar-refractivity contribution in [3.05, 3.63) is 17.7 Å².